The van der Waals surface area contributed by atoms with Crippen molar-refractivity contribution in [3.8, 4) is 0 Å². The van der Waals surface area contributed by atoms with Gasteiger partial charge in [0.2, 0.25) is 17.7 Å². The number of carbonyl (C=O) groups excluding carboxylic acids is 3. The van der Waals surface area contributed by atoms with E-state index in [0.29, 0.717) is 32.2 Å². The maximum atomic E-state index is 13.0. The molecule has 4 atom stereocenters. The van der Waals surface area contributed by atoms with E-state index in [0.717, 1.165) is 0 Å². The summed E-state index contributed by atoms with van der Waals surface area (Å²) in [5.41, 5.74) is 22.0. The van der Waals surface area contributed by atoms with E-state index in [1.807, 2.05) is 13.8 Å². The van der Waals surface area contributed by atoms with Crippen molar-refractivity contribution in [3.05, 3.63) is 0 Å². The summed E-state index contributed by atoms with van der Waals surface area (Å²) in [6, 6.07) is -4.07. The lowest BCUT2D eigenvalue weighted by Gasteiger charge is -2.24. The molecule has 0 rings (SSSR count). The third-order valence-electron chi connectivity index (χ3n) is 5.02. The van der Waals surface area contributed by atoms with Crippen molar-refractivity contribution in [1.29, 1.82) is 0 Å². The first-order valence-corrected chi connectivity index (χ1v) is 12.3. The Morgan fingerprint density at radius 3 is 1.94 bits per heavy atom. The normalized spacial score (nSPS) is 14.3. The van der Waals surface area contributed by atoms with Gasteiger partial charge in [-0.15, -0.1) is 0 Å². The zero-order valence-electron chi connectivity index (χ0n) is 20.5. The Bertz CT molecular complexity index is 718. The highest BCUT2D eigenvalue weighted by atomic mass is 32.1. The van der Waals surface area contributed by atoms with Crippen LogP contribution in [-0.4, -0.2) is 77.8 Å². The third kappa shape index (κ3) is 14.4. The summed E-state index contributed by atoms with van der Waals surface area (Å²) in [4.78, 5) is 53.5. The molecule has 202 valence electrons. The molecule has 0 spiro atoms. The van der Waals surface area contributed by atoms with Gasteiger partial charge in [0.1, 0.15) is 18.1 Å². The van der Waals surface area contributed by atoms with Crippen LogP contribution in [-0.2, 0) is 19.2 Å². The molecule has 4 unspecified atom stereocenters. The number of carboxylic acid groups (broad SMARTS) is 1. The molecule has 35 heavy (non-hydrogen) atoms. The number of carbonyl (C=O) groups is 4. The van der Waals surface area contributed by atoms with Crippen LogP contribution in [0.1, 0.15) is 52.4 Å². The predicted octanol–water partition coefficient (Wildman–Crippen LogP) is -1.99. The van der Waals surface area contributed by atoms with Gasteiger partial charge in [0.15, 0.2) is 5.96 Å². The van der Waals surface area contributed by atoms with Crippen molar-refractivity contribution in [1.82, 2.24) is 16.0 Å². The first-order valence-electron chi connectivity index (χ1n) is 11.7. The van der Waals surface area contributed by atoms with Crippen molar-refractivity contribution in [2.24, 2.45) is 33.8 Å². The van der Waals surface area contributed by atoms with Gasteiger partial charge >= 0.3 is 5.97 Å². The number of thiol groups is 1. The zero-order valence-corrected chi connectivity index (χ0v) is 21.4. The fraction of sp³-hybridized carbons (Fsp3) is 0.762. The van der Waals surface area contributed by atoms with Crippen LogP contribution in [0.3, 0.4) is 0 Å². The number of guanidine groups is 1. The molecule has 0 aliphatic heterocycles. The SMILES string of the molecule is CC(C)CC(N)C(=O)NC(CCCN=C(N)N)C(=O)NC(CS)C(=O)NC(CCCCN)C(=O)O. The van der Waals surface area contributed by atoms with Crippen LogP contribution in [0.15, 0.2) is 4.99 Å². The maximum absolute atomic E-state index is 13.0. The molecular weight excluding hydrogens is 476 g/mol. The Balaban J connectivity index is 5.31. The van der Waals surface area contributed by atoms with Gasteiger partial charge in [-0.3, -0.25) is 19.4 Å². The summed E-state index contributed by atoms with van der Waals surface area (Å²) in [5, 5.41) is 17.0. The minimum Gasteiger partial charge on any atom is -0.480 e. The number of hydrogen-bond acceptors (Lipinski definition) is 8. The molecule has 13 nitrogen and oxygen atoms in total. The molecule has 0 bridgehead atoms. The average Bonchev–Trinajstić information content (AvgIpc) is 2.77. The van der Waals surface area contributed by atoms with Gasteiger partial charge in [0, 0.05) is 12.3 Å². The van der Waals surface area contributed by atoms with Crippen LogP contribution in [0.4, 0.5) is 0 Å². The molecular formula is C21H42N8O5S. The molecule has 0 heterocycles. The van der Waals surface area contributed by atoms with Crippen LogP contribution < -0.4 is 38.9 Å². The number of aliphatic carboxylic acids is 1. The first kappa shape index (κ1) is 32.4. The molecule has 12 N–H and O–H groups in total. The molecule has 0 aromatic heterocycles. The quantitative estimate of drug-likeness (QED) is 0.0421. The van der Waals surface area contributed by atoms with Crippen molar-refractivity contribution in [2.75, 3.05) is 18.8 Å². The summed E-state index contributed by atoms with van der Waals surface area (Å²) >= 11 is 4.11. The van der Waals surface area contributed by atoms with Gasteiger partial charge in [-0.1, -0.05) is 13.8 Å². The maximum Gasteiger partial charge on any atom is 0.326 e. The zero-order chi connectivity index (χ0) is 27.0. The number of unbranched alkanes of at least 4 members (excludes halogenated alkanes) is 1. The molecule has 0 aromatic carbocycles. The summed E-state index contributed by atoms with van der Waals surface area (Å²) < 4.78 is 0. The van der Waals surface area contributed by atoms with Gasteiger partial charge < -0.3 is 44.0 Å². The summed E-state index contributed by atoms with van der Waals surface area (Å²) in [6.45, 7) is 4.48. The Hall–Kier alpha value is -2.58. The number of hydrogen-bond donors (Lipinski definition) is 9. The Kier molecular flexibility index (Phi) is 16.5. The fourth-order valence-corrected chi connectivity index (χ4v) is 3.41. The van der Waals surface area contributed by atoms with E-state index in [1.54, 1.807) is 0 Å². The Morgan fingerprint density at radius 1 is 0.886 bits per heavy atom. The summed E-state index contributed by atoms with van der Waals surface area (Å²) in [5.74, 6) is -3.04. The number of rotatable bonds is 18. The highest BCUT2D eigenvalue weighted by Gasteiger charge is 2.29. The standard InChI is InChI=1S/C21H42N8O5S/c1-12(2)10-13(23)17(30)27-14(7-5-9-26-21(24)25)18(31)29-16(11-35)19(32)28-15(20(33)34)6-3-4-8-22/h12-16,35H,3-11,22-23H2,1-2H3,(H,27,30)(H,28,32)(H,29,31)(H,33,34)(H4,24,25,26). The topological polar surface area (TPSA) is 241 Å². The molecule has 0 aromatic rings. The van der Waals surface area contributed by atoms with Gasteiger partial charge in [0.05, 0.1) is 6.04 Å². The van der Waals surface area contributed by atoms with Gasteiger partial charge in [-0.05, 0) is 51.0 Å². The second-order valence-corrected chi connectivity index (χ2v) is 9.04. The molecule has 14 heteroatoms. The van der Waals surface area contributed by atoms with Gasteiger partial charge in [-0.2, -0.15) is 12.6 Å². The van der Waals surface area contributed by atoms with E-state index in [-0.39, 0.29) is 37.0 Å². The highest BCUT2D eigenvalue weighted by molar-refractivity contribution is 7.80. The smallest absolute Gasteiger partial charge is 0.326 e. The lowest BCUT2D eigenvalue weighted by Crippen LogP contribution is -2.57. The van der Waals surface area contributed by atoms with Crippen molar-refractivity contribution in [3.63, 3.8) is 0 Å². The van der Waals surface area contributed by atoms with Crippen LogP contribution in [0, 0.1) is 5.92 Å². The number of amides is 3. The van der Waals surface area contributed by atoms with E-state index in [9.17, 15) is 24.3 Å². The highest BCUT2D eigenvalue weighted by Crippen LogP contribution is 2.06. The number of nitrogens with two attached hydrogens (primary N) is 4. The van der Waals surface area contributed by atoms with Crippen LogP contribution in [0.2, 0.25) is 0 Å². The monoisotopic (exact) mass is 518 g/mol. The molecule has 0 aliphatic rings. The number of carboxylic acids is 1. The molecule has 0 saturated carbocycles. The third-order valence-corrected chi connectivity index (χ3v) is 5.38. The van der Waals surface area contributed by atoms with Crippen LogP contribution >= 0.6 is 12.6 Å². The summed E-state index contributed by atoms with van der Waals surface area (Å²) in [6.07, 6.45) is 2.31. The second-order valence-electron chi connectivity index (χ2n) is 8.67. The van der Waals surface area contributed by atoms with E-state index in [2.05, 4.69) is 33.6 Å². The lowest BCUT2D eigenvalue weighted by atomic mass is 10.0. The van der Waals surface area contributed by atoms with E-state index < -0.39 is 47.9 Å². The fourth-order valence-electron chi connectivity index (χ4n) is 3.15. The van der Waals surface area contributed by atoms with E-state index in [4.69, 9.17) is 22.9 Å². The molecule has 0 radical (unpaired) electrons. The Labute approximate surface area is 212 Å². The second kappa shape index (κ2) is 17.8. The lowest BCUT2D eigenvalue weighted by molar-refractivity contribution is -0.142. The average molecular weight is 519 g/mol. The van der Waals surface area contributed by atoms with Gasteiger partial charge in [-0.25, -0.2) is 4.79 Å². The minimum absolute atomic E-state index is 0.0890. The molecule has 0 fully saturated rings. The minimum atomic E-state index is -1.19. The van der Waals surface area contributed by atoms with Crippen molar-refractivity contribution < 1.29 is 24.3 Å². The largest absolute Gasteiger partial charge is 0.480 e. The number of nitrogens with one attached hydrogen (secondary N) is 3. The number of aliphatic imine (C=N–C) groups is 1. The Morgan fingerprint density at radius 2 is 1.43 bits per heavy atom. The molecule has 0 aliphatic carbocycles. The predicted molar refractivity (Wildman–Crippen MR) is 138 cm³/mol. The molecule has 0 saturated heterocycles. The first-order chi connectivity index (χ1) is 16.4. The van der Waals surface area contributed by atoms with E-state index >= 15 is 0 Å². The van der Waals surface area contributed by atoms with Crippen LogP contribution in [0.5, 0.6) is 0 Å². The molecule has 3 amide bonds. The van der Waals surface area contributed by atoms with Crippen molar-refractivity contribution >= 4 is 42.3 Å². The van der Waals surface area contributed by atoms with Crippen LogP contribution in [0.25, 0.3) is 0 Å². The van der Waals surface area contributed by atoms with Crippen molar-refractivity contribution in [2.45, 2.75) is 76.5 Å². The van der Waals surface area contributed by atoms with E-state index in [1.165, 1.54) is 0 Å². The summed E-state index contributed by atoms with van der Waals surface area (Å²) in [7, 11) is 0. The number of nitrogens with zero attached hydrogens (tertiary/aromatic N) is 1. The van der Waals surface area contributed by atoms with Gasteiger partial charge in [0.25, 0.3) is 0 Å².